The molecule has 0 fully saturated rings. The number of methoxy groups -OCH3 is 1. The molecule has 2 heterocycles. The third kappa shape index (κ3) is 2.18. The molecule has 0 unspecified atom stereocenters. The Kier molecular flexibility index (Phi) is 3.22. The van der Waals surface area contributed by atoms with Gasteiger partial charge in [0.25, 0.3) is 0 Å². The van der Waals surface area contributed by atoms with Crippen LogP contribution in [0.2, 0.25) is 0 Å². The lowest BCUT2D eigenvalue weighted by Crippen LogP contribution is -2.00. The van der Waals surface area contributed by atoms with Crippen molar-refractivity contribution >= 4 is 11.4 Å². The minimum atomic E-state index is -0.00100. The zero-order valence-corrected chi connectivity index (χ0v) is 12.3. The fraction of sp³-hybridized carbons (Fsp3) is 0.176. The number of carbonyl (C=O) groups excluding carboxylic acids is 1. The Morgan fingerprint density at radius 3 is 2.52 bits per heavy atom. The van der Waals surface area contributed by atoms with Gasteiger partial charge in [-0.05, 0) is 42.8 Å². The van der Waals surface area contributed by atoms with E-state index in [0.717, 1.165) is 22.5 Å². The fourth-order valence-electron chi connectivity index (χ4n) is 2.49. The fourth-order valence-corrected chi connectivity index (χ4v) is 2.49. The molecule has 0 bridgehead atoms. The average Bonchev–Trinajstić information content (AvgIpc) is 2.88. The second kappa shape index (κ2) is 5.05. The molecule has 4 nitrogen and oxygen atoms in total. The van der Waals surface area contributed by atoms with Crippen LogP contribution in [0.3, 0.4) is 0 Å². The quantitative estimate of drug-likeness (QED) is 0.689. The third-order valence-corrected chi connectivity index (χ3v) is 3.54. The van der Waals surface area contributed by atoms with Crippen molar-refractivity contribution in [2.45, 2.75) is 13.8 Å². The minimum Gasteiger partial charge on any atom is -0.497 e. The summed E-state index contributed by atoms with van der Waals surface area (Å²) in [6.07, 6.45) is 1.87. The Morgan fingerprint density at radius 1 is 1.19 bits per heavy atom. The molecule has 0 radical (unpaired) electrons. The number of ether oxygens (including phenoxy) is 1. The first-order valence-electron chi connectivity index (χ1n) is 6.75. The van der Waals surface area contributed by atoms with Gasteiger partial charge in [0.05, 0.1) is 7.11 Å². The highest BCUT2D eigenvalue weighted by Gasteiger charge is 2.18. The summed E-state index contributed by atoms with van der Waals surface area (Å²) >= 11 is 0. The first-order valence-corrected chi connectivity index (χ1v) is 6.75. The second-order valence-corrected chi connectivity index (χ2v) is 4.98. The highest BCUT2D eigenvalue weighted by Crippen LogP contribution is 2.27. The summed E-state index contributed by atoms with van der Waals surface area (Å²) < 4.78 is 7.03. The maximum absolute atomic E-state index is 12.1. The van der Waals surface area contributed by atoms with E-state index in [1.807, 2.05) is 53.9 Å². The summed E-state index contributed by atoms with van der Waals surface area (Å²) in [5.74, 6) is 0.780. The number of carbonyl (C=O) groups is 1. The maximum Gasteiger partial charge on any atom is 0.178 e. The standard InChI is InChI=1S/C17H16N2O2/c1-11-5-4-10-19-16(12(2)20)15(18-17(11)19)13-6-8-14(21-3)9-7-13/h4-10H,1-3H3. The number of nitrogens with zero attached hydrogens (tertiary/aromatic N) is 2. The first kappa shape index (κ1) is 13.4. The summed E-state index contributed by atoms with van der Waals surface area (Å²) in [4.78, 5) is 16.7. The van der Waals surface area contributed by atoms with Crippen molar-refractivity contribution in [1.29, 1.82) is 0 Å². The zero-order valence-electron chi connectivity index (χ0n) is 12.3. The van der Waals surface area contributed by atoms with Crippen molar-refractivity contribution in [2.24, 2.45) is 0 Å². The monoisotopic (exact) mass is 280 g/mol. The number of aryl methyl sites for hydroxylation is 1. The number of imidazole rings is 1. The Morgan fingerprint density at radius 2 is 1.90 bits per heavy atom. The number of pyridine rings is 1. The predicted molar refractivity (Wildman–Crippen MR) is 81.9 cm³/mol. The van der Waals surface area contributed by atoms with Crippen LogP contribution in [-0.2, 0) is 0 Å². The van der Waals surface area contributed by atoms with E-state index in [1.165, 1.54) is 0 Å². The molecule has 21 heavy (non-hydrogen) atoms. The molecule has 2 aromatic heterocycles. The Hall–Kier alpha value is -2.62. The number of fused-ring (bicyclic) bond motifs is 1. The van der Waals surface area contributed by atoms with Crippen molar-refractivity contribution in [3.05, 3.63) is 53.9 Å². The number of benzene rings is 1. The topological polar surface area (TPSA) is 43.6 Å². The summed E-state index contributed by atoms with van der Waals surface area (Å²) in [5.41, 5.74) is 4.08. The number of hydrogen-bond acceptors (Lipinski definition) is 3. The van der Waals surface area contributed by atoms with Crippen LogP contribution >= 0.6 is 0 Å². The smallest absolute Gasteiger partial charge is 0.178 e. The van der Waals surface area contributed by atoms with Gasteiger partial charge in [0.1, 0.15) is 22.8 Å². The molecule has 1 aromatic carbocycles. The van der Waals surface area contributed by atoms with Crippen LogP contribution in [0.5, 0.6) is 5.75 Å². The molecule has 0 N–H and O–H groups in total. The third-order valence-electron chi connectivity index (χ3n) is 3.54. The molecule has 3 rings (SSSR count). The van der Waals surface area contributed by atoms with Gasteiger partial charge in [0, 0.05) is 18.7 Å². The Labute approximate surface area is 123 Å². The molecule has 3 aromatic rings. The summed E-state index contributed by atoms with van der Waals surface area (Å²) in [6, 6.07) is 11.5. The molecule has 0 saturated heterocycles. The van der Waals surface area contributed by atoms with Gasteiger partial charge in [0.2, 0.25) is 0 Å². The lowest BCUT2D eigenvalue weighted by Gasteiger charge is -2.03. The minimum absolute atomic E-state index is 0.00100. The highest BCUT2D eigenvalue weighted by molar-refractivity contribution is 5.99. The molecule has 0 saturated carbocycles. The summed E-state index contributed by atoms with van der Waals surface area (Å²) in [5, 5.41) is 0. The summed E-state index contributed by atoms with van der Waals surface area (Å²) in [6.45, 7) is 3.56. The van der Waals surface area contributed by atoms with Crippen LogP contribution in [0.15, 0.2) is 42.6 Å². The molecule has 4 heteroatoms. The van der Waals surface area contributed by atoms with Crippen LogP contribution < -0.4 is 4.74 Å². The van der Waals surface area contributed by atoms with E-state index in [-0.39, 0.29) is 5.78 Å². The van der Waals surface area contributed by atoms with E-state index < -0.39 is 0 Å². The highest BCUT2D eigenvalue weighted by atomic mass is 16.5. The van der Waals surface area contributed by atoms with E-state index in [0.29, 0.717) is 11.4 Å². The molecular formula is C17H16N2O2. The SMILES string of the molecule is COc1ccc(-c2nc3c(C)cccn3c2C(C)=O)cc1. The average molecular weight is 280 g/mol. The lowest BCUT2D eigenvalue weighted by molar-refractivity contribution is 0.101. The Bertz CT molecular complexity index is 817. The molecule has 0 aliphatic rings. The number of Topliss-reactive ketones (excluding diaryl/α,β-unsaturated/α-hetero) is 1. The number of hydrogen-bond donors (Lipinski definition) is 0. The lowest BCUT2D eigenvalue weighted by atomic mass is 10.1. The van der Waals surface area contributed by atoms with Gasteiger partial charge < -0.3 is 4.74 Å². The first-order chi connectivity index (χ1) is 10.1. The van der Waals surface area contributed by atoms with E-state index in [2.05, 4.69) is 4.98 Å². The summed E-state index contributed by atoms with van der Waals surface area (Å²) in [7, 11) is 1.63. The molecule has 106 valence electrons. The van der Waals surface area contributed by atoms with Crippen molar-refractivity contribution < 1.29 is 9.53 Å². The zero-order chi connectivity index (χ0) is 15.0. The van der Waals surface area contributed by atoms with Gasteiger partial charge in [-0.25, -0.2) is 4.98 Å². The van der Waals surface area contributed by atoms with E-state index in [1.54, 1.807) is 14.0 Å². The second-order valence-electron chi connectivity index (χ2n) is 4.98. The predicted octanol–water partition coefficient (Wildman–Crippen LogP) is 3.52. The van der Waals surface area contributed by atoms with Crippen LogP contribution in [0, 0.1) is 6.92 Å². The maximum atomic E-state index is 12.1. The molecule has 0 aliphatic carbocycles. The van der Waals surface area contributed by atoms with Crippen molar-refractivity contribution in [3.63, 3.8) is 0 Å². The number of aromatic nitrogens is 2. The van der Waals surface area contributed by atoms with E-state index in [9.17, 15) is 4.79 Å². The Balaban J connectivity index is 2.28. The van der Waals surface area contributed by atoms with E-state index >= 15 is 0 Å². The van der Waals surface area contributed by atoms with Gasteiger partial charge in [-0.15, -0.1) is 0 Å². The van der Waals surface area contributed by atoms with Crippen LogP contribution in [0.4, 0.5) is 0 Å². The molecule has 0 amide bonds. The number of rotatable bonds is 3. The molecule has 0 spiro atoms. The van der Waals surface area contributed by atoms with Crippen molar-refractivity contribution in [3.8, 4) is 17.0 Å². The largest absolute Gasteiger partial charge is 0.497 e. The van der Waals surface area contributed by atoms with Gasteiger partial charge in [-0.3, -0.25) is 9.20 Å². The molecule has 0 aliphatic heterocycles. The van der Waals surface area contributed by atoms with Crippen LogP contribution in [0.1, 0.15) is 23.0 Å². The van der Waals surface area contributed by atoms with E-state index in [4.69, 9.17) is 4.74 Å². The molecular weight excluding hydrogens is 264 g/mol. The van der Waals surface area contributed by atoms with Crippen LogP contribution in [0.25, 0.3) is 16.9 Å². The number of ketones is 1. The van der Waals surface area contributed by atoms with Crippen molar-refractivity contribution in [2.75, 3.05) is 7.11 Å². The van der Waals surface area contributed by atoms with Gasteiger partial charge in [-0.2, -0.15) is 0 Å². The van der Waals surface area contributed by atoms with Gasteiger partial charge in [0.15, 0.2) is 5.78 Å². The normalized spacial score (nSPS) is 10.8. The van der Waals surface area contributed by atoms with Crippen molar-refractivity contribution in [1.82, 2.24) is 9.38 Å². The van der Waals surface area contributed by atoms with Gasteiger partial charge in [-0.1, -0.05) is 6.07 Å². The van der Waals surface area contributed by atoms with Gasteiger partial charge >= 0.3 is 0 Å². The molecule has 0 atom stereocenters. The van der Waals surface area contributed by atoms with Crippen LogP contribution in [-0.4, -0.2) is 22.3 Å².